The van der Waals surface area contributed by atoms with Crippen LogP contribution in [0.2, 0.25) is 5.02 Å². The van der Waals surface area contributed by atoms with E-state index in [-0.39, 0.29) is 41.3 Å². The molecule has 2 saturated heterocycles. The first-order valence-electron chi connectivity index (χ1n) is 16.3. The van der Waals surface area contributed by atoms with Gasteiger partial charge in [0, 0.05) is 58.0 Å². The van der Waals surface area contributed by atoms with Crippen LogP contribution in [0.15, 0.2) is 30.4 Å². The molecule has 1 aromatic heterocycles. The summed E-state index contributed by atoms with van der Waals surface area (Å²) in [5, 5.41) is 0.0954. The second kappa shape index (κ2) is 13.9. The number of likely N-dealkylation sites (tertiary alicyclic amines) is 1. The lowest BCUT2D eigenvalue weighted by molar-refractivity contribution is -0.128. The van der Waals surface area contributed by atoms with Crippen molar-refractivity contribution in [3.63, 3.8) is 0 Å². The SMILES string of the molecule is [C-]#[N+]C[C@H]1CN(c2nc(OC3(C4CC(OC)CN4C)CC3)nc3c2CCN(c2cccc(F)c2Cl)C3)CCN1C(=O)/C=C/CN(C)C. The van der Waals surface area contributed by atoms with Gasteiger partial charge in [0.25, 0.3) is 0 Å². The summed E-state index contributed by atoms with van der Waals surface area (Å²) in [6, 6.07) is 5.09. The number of amides is 1. The molecule has 2 unspecified atom stereocenters. The van der Waals surface area contributed by atoms with E-state index in [1.165, 1.54) is 6.07 Å². The predicted molar refractivity (Wildman–Crippen MR) is 179 cm³/mol. The number of fused-ring (bicyclic) bond motifs is 1. The van der Waals surface area contributed by atoms with E-state index >= 15 is 0 Å². The molecule has 0 radical (unpaired) electrons. The van der Waals surface area contributed by atoms with Crippen LogP contribution in [-0.4, -0.2) is 128 Å². The molecule has 1 saturated carbocycles. The number of anilines is 2. The van der Waals surface area contributed by atoms with Gasteiger partial charge in [0.15, 0.2) is 0 Å². The molecule has 13 heteroatoms. The van der Waals surface area contributed by atoms with Gasteiger partial charge in [-0.25, -0.2) is 11.0 Å². The van der Waals surface area contributed by atoms with E-state index in [1.54, 1.807) is 24.2 Å². The molecule has 0 N–H and O–H groups in total. The molecule has 47 heavy (non-hydrogen) atoms. The lowest BCUT2D eigenvalue weighted by atomic mass is 10.0. The minimum atomic E-state index is -0.456. The van der Waals surface area contributed by atoms with Gasteiger partial charge in [-0.2, -0.15) is 9.97 Å². The van der Waals surface area contributed by atoms with Gasteiger partial charge in [-0.15, -0.1) is 0 Å². The standard InChI is InChI=1S/C34H44ClFN8O3/c1-37-19-23-20-43(16-17-44(23)30(45)10-7-14-40(2)3)32-25-11-15-42(28-9-6-8-26(36)31(28)35)22-27(25)38-33(39-32)47-34(12-13-34)29-18-24(46-5)21-41(29)4/h6-10,23-24,29H,11-22H2,2-5H3/b10-7+/t23-,24?,29?/m0/s1. The third-order valence-electron chi connectivity index (χ3n) is 9.88. The number of piperazine rings is 1. The lowest BCUT2D eigenvalue weighted by Gasteiger charge is -2.41. The highest BCUT2D eigenvalue weighted by Crippen LogP contribution is 2.48. The van der Waals surface area contributed by atoms with Crippen LogP contribution in [0.5, 0.6) is 6.01 Å². The molecule has 1 aromatic carbocycles. The molecule has 6 rings (SSSR count). The van der Waals surface area contributed by atoms with Gasteiger partial charge in [0.2, 0.25) is 12.5 Å². The third kappa shape index (κ3) is 7.04. The number of aromatic nitrogens is 2. The smallest absolute Gasteiger partial charge is 0.319 e. The number of methoxy groups -OCH3 is 1. The summed E-state index contributed by atoms with van der Waals surface area (Å²) in [6.07, 6.45) is 6.96. The Morgan fingerprint density at radius 3 is 2.72 bits per heavy atom. The molecule has 4 heterocycles. The average molecular weight is 667 g/mol. The lowest BCUT2D eigenvalue weighted by Crippen LogP contribution is -2.56. The first kappa shape index (κ1) is 33.4. The Hall–Kier alpha value is -3.50. The topological polar surface area (TPSA) is 81.9 Å². The van der Waals surface area contributed by atoms with E-state index in [1.807, 2.05) is 36.0 Å². The van der Waals surface area contributed by atoms with E-state index in [4.69, 9.17) is 37.6 Å². The molecule has 4 aliphatic rings. The molecule has 0 bridgehead atoms. The summed E-state index contributed by atoms with van der Waals surface area (Å²) in [7, 11) is 7.77. The number of carbonyl (C=O) groups is 1. The van der Waals surface area contributed by atoms with E-state index in [0.717, 1.165) is 42.9 Å². The van der Waals surface area contributed by atoms with Crippen LogP contribution in [0.1, 0.15) is 30.5 Å². The van der Waals surface area contributed by atoms with Crippen molar-refractivity contribution in [1.82, 2.24) is 24.7 Å². The van der Waals surface area contributed by atoms with E-state index < -0.39 is 5.82 Å². The fourth-order valence-electron chi connectivity index (χ4n) is 7.24. The molecule has 11 nitrogen and oxygen atoms in total. The summed E-state index contributed by atoms with van der Waals surface area (Å²) in [5.41, 5.74) is 2.07. The normalized spacial score (nSPS) is 24.1. The van der Waals surface area contributed by atoms with Crippen LogP contribution in [-0.2, 0) is 22.5 Å². The molecule has 3 atom stereocenters. The number of hydrogen-bond acceptors (Lipinski definition) is 9. The summed E-state index contributed by atoms with van der Waals surface area (Å²) >= 11 is 6.41. The largest absolute Gasteiger partial charge is 0.455 e. The third-order valence-corrected chi connectivity index (χ3v) is 10.3. The van der Waals surface area contributed by atoms with Crippen LogP contribution in [0.25, 0.3) is 4.85 Å². The van der Waals surface area contributed by atoms with Gasteiger partial charge < -0.3 is 33.9 Å². The van der Waals surface area contributed by atoms with E-state index in [9.17, 15) is 9.18 Å². The first-order valence-corrected chi connectivity index (χ1v) is 16.7. The van der Waals surface area contributed by atoms with Crippen molar-refractivity contribution in [2.45, 2.75) is 56.0 Å². The second-order valence-electron chi connectivity index (χ2n) is 13.4. The highest BCUT2D eigenvalue weighted by molar-refractivity contribution is 6.33. The van der Waals surface area contributed by atoms with Gasteiger partial charge >= 0.3 is 6.01 Å². The minimum absolute atomic E-state index is 0.0813. The Bertz CT molecular complexity index is 1550. The number of ether oxygens (including phenoxy) is 2. The number of hydrogen-bond donors (Lipinski definition) is 0. The molecular weight excluding hydrogens is 623 g/mol. The van der Waals surface area contributed by atoms with Crippen LogP contribution >= 0.6 is 11.6 Å². The van der Waals surface area contributed by atoms with Gasteiger partial charge in [-0.05, 0) is 59.0 Å². The van der Waals surface area contributed by atoms with Gasteiger partial charge in [-0.3, -0.25) is 9.69 Å². The fourth-order valence-corrected chi connectivity index (χ4v) is 7.49. The van der Waals surface area contributed by atoms with Crippen molar-refractivity contribution >= 4 is 29.0 Å². The fraction of sp³-hybridized carbons (Fsp3) is 0.588. The van der Waals surface area contributed by atoms with Crippen molar-refractivity contribution < 1.29 is 18.7 Å². The van der Waals surface area contributed by atoms with Gasteiger partial charge in [0.05, 0.1) is 35.1 Å². The highest BCUT2D eigenvalue weighted by atomic mass is 35.5. The van der Waals surface area contributed by atoms with Crippen LogP contribution in [0.4, 0.5) is 15.9 Å². The Labute approximate surface area is 281 Å². The zero-order valence-electron chi connectivity index (χ0n) is 27.7. The molecule has 1 amide bonds. The molecule has 3 aliphatic heterocycles. The van der Waals surface area contributed by atoms with Crippen LogP contribution in [0, 0.1) is 12.4 Å². The molecule has 3 fully saturated rings. The molecule has 252 valence electrons. The number of benzene rings is 1. The monoisotopic (exact) mass is 666 g/mol. The number of carbonyl (C=O) groups excluding carboxylic acids is 1. The number of halogens is 2. The molecular formula is C34H44ClFN8O3. The van der Waals surface area contributed by atoms with Crippen molar-refractivity contribution in [1.29, 1.82) is 0 Å². The zero-order chi connectivity index (χ0) is 33.3. The molecule has 2 aromatic rings. The van der Waals surface area contributed by atoms with Crippen molar-refractivity contribution in [2.24, 2.45) is 0 Å². The maximum atomic E-state index is 14.4. The Morgan fingerprint density at radius 2 is 2.02 bits per heavy atom. The zero-order valence-corrected chi connectivity index (χ0v) is 28.4. The van der Waals surface area contributed by atoms with E-state index in [2.05, 4.69) is 21.7 Å². The molecule has 0 spiro atoms. The maximum Gasteiger partial charge on any atom is 0.319 e. The van der Waals surface area contributed by atoms with Crippen LogP contribution < -0.4 is 14.5 Å². The Kier molecular flexibility index (Phi) is 9.90. The summed E-state index contributed by atoms with van der Waals surface area (Å²) in [5.74, 6) is 0.246. The van der Waals surface area contributed by atoms with Crippen molar-refractivity contribution in [3.05, 3.63) is 63.9 Å². The second-order valence-corrected chi connectivity index (χ2v) is 13.7. The average Bonchev–Trinajstić information content (AvgIpc) is 3.72. The van der Waals surface area contributed by atoms with Gasteiger partial charge in [-0.1, -0.05) is 23.7 Å². The number of likely N-dealkylation sites (N-methyl/N-ethyl adjacent to an activating group) is 2. The Balaban J connectivity index is 1.31. The Morgan fingerprint density at radius 1 is 1.21 bits per heavy atom. The number of rotatable bonds is 10. The van der Waals surface area contributed by atoms with Crippen LogP contribution in [0.3, 0.4) is 0 Å². The first-order chi connectivity index (χ1) is 22.6. The van der Waals surface area contributed by atoms with Crippen molar-refractivity contribution in [3.8, 4) is 6.01 Å². The van der Waals surface area contributed by atoms with E-state index in [0.29, 0.717) is 57.4 Å². The number of nitrogens with zero attached hydrogens (tertiary/aromatic N) is 8. The maximum absolute atomic E-state index is 14.4. The van der Waals surface area contributed by atoms with Gasteiger partial charge in [0.1, 0.15) is 23.3 Å². The summed E-state index contributed by atoms with van der Waals surface area (Å²) in [4.78, 5) is 37.3. The molecule has 1 aliphatic carbocycles. The summed E-state index contributed by atoms with van der Waals surface area (Å²) in [6.45, 7) is 11.9. The van der Waals surface area contributed by atoms with Crippen molar-refractivity contribution in [2.75, 3.05) is 83.9 Å². The predicted octanol–water partition coefficient (Wildman–Crippen LogP) is 3.52. The summed E-state index contributed by atoms with van der Waals surface area (Å²) < 4.78 is 26.9. The quantitative estimate of drug-likeness (QED) is 0.280. The highest BCUT2D eigenvalue weighted by Gasteiger charge is 2.57. The minimum Gasteiger partial charge on any atom is -0.455 e.